The molecule has 66 valence electrons. The van der Waals surface area contributed by atoms with Crippen molar-refractivity contribution >= 4 is 17.8 Å². The first-order valence-corrected chi connectivity index (χ1v) is 4.26. The van der Waals surface area contributed by atoms with E-state index in [0.29, 0.717) is 5.03 Å². The third-order valence-corrected chi connectivity index (χ3v) is 1.94. The van der Waals surface area contributed by atoms with E-state index >= 15 is 0 Å². The Labute approximate surface area is 77.5 Å². The van der Waals surface area contributed by atoms with Crippen molar-refractivity contribution in [2.24, 2.45) is 5.16 Å². The molecule has 0 spiro atoms. The van der Waals surface area contributed by atoms with Gasteiger partial charge in [-0.05, 0) is 18.4 Å². The van der Waals surface area contributed by atoms with E-state index in [9.17, 15) is 0 Å². The summed E-state index contributed by atoms with van der Waals surface area (Å²) in [6.45, 7) is 7.51. The molecule has 0 aromatic rings. The third kappa shape index (κ3) is 2.70. The summed E-state index contributed by atoms with van der Waals surface area (Å²) in [5, 5.41) is 4.33. The lowest BCUT2D eigenvalue weighted by molar-refractivity contribution is 0.109. The molecule has 1 aliphatic heterocycles. The van der Waals surface area contributed by atoms with Crippen LogP contribution in [-0.4, -0.2) is 12.3 Å². The fraction of sp³-hybridized carbons (Fsp3) is 0.444. The Morgan fingerprint density at radius 3 is 2.83 bits per heavy atom. The largest absolute Gasteiger partial charge is 0.388 e. The SMILES string of the molecule is C=C(Cl)CCC(=C)[C@H]1CC=NO1. The molecule has 0 aromatic carbocycles. The minimum Gasteiger partial charge on any atom is -0.388 e. The predicted octanol–water partition coefficient (Wildman–Crippen LogP) is 2.85. The van der Waals surface area contributed by atoms with Crippen molar-refractivity contribution in [1.29, 1.82) is 0 Å². The van der Waals surface area contributed by atoms with Crippen molar-refractivity contribution in [2.75, 3.05) is 0 Å². The van der Waals surface area contributed by atoms with Gasteiger partial charge in [0.25, 0.3) is 0 Å². The molecule has 3 heteroatoms. The lowest BCUT2D eigenvalue weighted by atomic mass is 10.0. The zero-order valence-corrected chi connectivity index (χ0v) is 7.68. The molecule has 0 bridgehead atoms. The fourth-order valence-electron chi connectivity index (χ4n) is 0.997. The van der Waals surface area contributed by atoms with Gasteiger partial charge in [-0.2, -0.15) is 0 Å². The zero-order valence-electron chi connectivity index (χ0n) is 6.92. The Morgan fingerprint density at radius 1 is 1.58 bits per heavy atom. The lowest BCUT2D eigenvalue weighted by Gasteiger charge is -2.10. The molecular weight excluding hydrogens is 174 g/mol. The van der Waals surface area contributed by atoms with E-state index in [2.05, 4.69) is 18.3 Å². The summed E-state index contributed by atoms with van der Waals surface area (Å²) in [6.07, 6.45) is 4.23. The Hall–Kier alpha value is -0.760. The van der Waals surface area contributed by atoms with Gasteiger partial charge in [-0.1, -0.05) is 29.9 Å². The van der Waals surface area contributed by atoms with E-state index in [4.69, 9.17) is 16.4 Å². The predicted molar refractivity (Wildman–Crippen MR) is 51.3 cm³/mol. The Morgan fingerprint density at radius 2 is 2.33 bits per heavy atom. The highest BCUT2D eigenvalue weighted by Gasteiger charge is 2.16. The van der Waals surface area contributed by atoms with Gasteiger partial charge in [-0.25, -0.2) is 0 Å². The lowest BCUT2D eigenvalue weighted by Crippen LogP contribution is -2.08. The summed E-state index contributed by atoms with van der Waals surface area (Å²) < 4.78 is 0. The summed E-state index contributed by atoms with van der Waals surface area (Å²) in [7, 11) is 0. The Kier molecular flexibility index (Phi) is 3.35. The molecule has 0 saturated carbocycles. The first-order valence-electron chi connectivity index (χ1n) is 3.88. The van der Waals surface area contributed by atoms with Gasteiger partial charge in [0.2, 0.25) is 0 Å². The molecule has 2 nitrogen and oxygen atoms in total. The molecule has 1 aliphatic rings. The molecule has 0 radical (unpaired) electrons. The molecule has 0 fully saturated rings. The maximum Gasteiger partial charge on any atom is 0.153 e. The highest BCUT2D eigenvalue weighted by Crippen LogP contribution is 2.20. The van der Waals surface area contributed by atoms with Gasteiger partial charge >= 0.3 is 0 Å². The van der Waals surface area contributed by atoms with Crippen molar-refractivity contribution in [1.82, 2.24) is 0 Å². The van der Waals surface area contributed by atoms with Crippen molar-refractivity contribution in [3.63, 3.8) is 0 Å². The summed E-state index contributed by atoms with van der Waals surface area (Å²) in [5.41, 5.74) is 1.04. The molecule has 0 unspecified atom stereocenters. The summed E-state index contributed by atoms with van der Waals surface area (Å²) in [4.78, 5) is 5.04. The van der Waals surface area contributed by atoms with Gasteiger partial charge in [0.1, 0.15) is 0 Å². The highest BCUT2D eigenvalue weighted by atomic mass is 35.5. The standard InChI is InChI=1S/C9H12ClNO/c1-7(3-4-8(2)10)9-5-6-11-12-9/h6,9H,1-5H2/t9-/m1/s1. The van der Waals surface area contributed by atoms with Crippen LogP contribution in [0.4, 0.5) is 0 Å². The topological polar surface area (TPSA) is 21.6 Å². The molecule has 1 heterocycles. The number of nitrogens with zero attached hydrogens (tertiary/aromatic N) is 1. The maximum atomic E-state index is 5.62. The van der Waals surface area contributed by atoms with Crippen LogP contribution < -0.4 is 0 Å². The number of hydrogen-bond donors (Lipinski definition) is 0. The average Bonchev–Trinajstić information content (AvgIpc) is 2.51. The minimum atomic E-state index is 0.0565. The van der Waals surface area contributed by atoms with Crippen LogP contribution in [0.15, 0.2) is 28.9 Å². The second kappa shape index (κ2) is 4.31. The van der Waals surface area contributed by atoms with Crippen LogP contribution in [0.25, 0.3) is 0 Å². The highest BCUT2D eigenvalue weighted by molar-refractivity contribution is 6.29. The quantitative estimate of drug-likeness (QED) is 0.618. The van der Waals surface area contributed by atoms with E-state index < -0.39 is 0 Å². The zero-order chi connectivity index (χ0) is 8.97. The van der Waals surface area contributed by atoms with E-state index in [1.54, 1.807) is 6.21 Å². The van der Waals surface area contributed by atoms with Crippen LogP contribution in [0.1, 0.15) is 19.3 Å². The molecule has 1 atom stereocenters. The number of halogens is 1. The molecular formula is C9H12ClNO. The Balaban J connectivity index is 2.24. The van der Waals surface area contributed by atoms with Crippen molar-refractivity contribution < 1.29 is 4.84 Å². The number of hydrogen-bond acceptors (Lipinski definition) is 2. The van der Waals surface area contributed by atoms with Gasteiger partial charge in [0.05, 0.1) is 0 Å². The average molecular weight is 186 g/mol. The van der Waals surface area contributed by atoms with Gasteiger partial charge in [0, 0.05) is 17.7 Å². The van der Waals surface area contributed by atoms with Crippen molar-refractivity contribution in [2.45, 2.75) is 25.4 Å². The van der Waals surface area contributed by atoms with E-state index in [1.807, 2.05) is 0 Å². The monoisotopic (exact) mass is 185 g/mol. The number of rotatable bonds is 4. The number of oxime groups is 1. The molecule has 12 heavy (non-hydrogen) atoms. The maximum absolute atomic E-state index is 5.62. The van der Waals surface area contributed by atoms with Gasteiger partial charge in [-0.15, -0.1) is 0 Å². The van der Waals surface area contributed by atoms with Gasteiger partial charge in [-0.3, -0.25) is 0 Å². The van der Waals surface area contributed by atoms with E-state index in [0.717, 1.165) is 24.8 Å². The van der Waals surface area contributed by atoms with E-state index in [-0.39, 0.29) is 6.10 Å². The molecule has 1 rings (SSSR count). The molecule has 0 N–H and O–H groups in total. The second-order valence-electron chi connectivity index (χ2n) is 2.79. The van der Waals surface area contributed by atoms with Crippen LogP contribution in [-0.2, 0) is 4.84 Å². The summed E-state index contributed by atoms with van der Waals surface area (Å²) in [6, 6.07) is 0. The van der Waals surface area contributed by atoms with Crippen molar-refractivity contribution in [3.8, 4) is 0 Å². The molecule has 0 aliphatic carbocycles. The van der Waals surface area contributed by atoms with Crippen molar-refractivity contribution in [3.05, 3.63) is 23.8 Å². The van der Waals surface area contributed by atoms with Crippen LogP contribution in [0.3, 0.4) is 0 Å². The van der Waals surface area contributed by atoms with Gasteiger partial charge in [0.15, 0.2) is 6.10 Å². The third-order valence-electron chi connectivity index (χ3n) is 1.75. The van der Waals surface area contributed by atoms with Crippen LogP contribution >= 0.6 is 11.6 Å². The molecule has 0 amide bonds. The first kappa shape index (κ1) is 9.33. The van der Waals surface area contributed by atoms with E-state index in [1.165, 1.54) is 0 Å². The number of allylic oxidation sites excluding steroid dienone is 1. The summed E-state index contributed by atoms with van der Waals surface area (Å²) >= 11 is 5.62. The molecule has 0 aromatic heterocycles. The van der Waals surface area contributed by atoms with Crippen LogP contribution in [0, 0.1) is 0 Å². The minimum absolute atomic E-state index is 0.0565. The molecule has 0 saturated heterocycles. The second-order valence-corrected chi connectivity index (χ2v) is 3.33. The van der Waals surface area contributed by atoms with Crippen LogP contribution in [0.5, 0.6) is 0 Å². The Bertz CT molecular complexity index is 215. The smallest absolute Gasteiger partial charge is 0.153 e. The normalized spacial score (nSPS) is 20.6. The fourth-order valence-corrected chi connectivity index (χ4v) is 1.09. The van der Waals surface area contributed by atoms with Gasteiger partial charge < -0.3 is 4.84 Å². The first-order chi connectivity index (χ1) is 5.70. The van der Waals surface area contributed by atoms with Crippen LogP contribution in [0.2, 0.25) is 0 Å². The summed E-state index contributed by atoms with van der Waals surface area (Å²) in [5.74, 6) is 0.